The fourth-order valence-corrected chi connectivity index (χ4v) is 1.40. The Labute approximate surface area is 79.0 Å². The second kappa shape index (κ2) is 3.25. The van der Waals surface area contributed by atoms with Crippen molar-refractivity contribution in [3.05, 3.63) is 35.4 Å². The minimum atomic E-state index is 0.583. The van der Waals surface area contributed by atoms with Crippen LogP contribution in [0.5, 0.6) is 0 Å². The lowest BCUT2D eigenvalue weighted by Crippen LogP contribution is -1.99. The number of hydrogen-bond acceptors (Lipinski definition) is 1. The third-order valence-electron chi connectivity index (χ3n) is 2.04. The summed E-state index contributed by atoms with van der Waals surface area (Å²) in [6.45, 7) is 5.11. The van der Waals surface area contributed by atoms with Gasteiger partial charge in [0.1, 0.15) is 5.76 Å². The van der Waals surface area contributed by atoms with Crippen LogP contribution in [-0.2, 0) is 4.74 Å². The van der Waals surface area contributed by atoms with Crippen LogP contribution in [0.3, 0.4) is 0 Å². The Balaban J connectivity index is 2.07. The first-order chi connectivity index (χ1) is 6.25. The van der Waals surface area contributed by atoms with Crippen molar-refractivity contribution in [2.24, 2.45) is 5.92 Å². The molecule has 0 saturated heterocycles. The van der Waals surface area contributed by atoms with E-state index in [0.717, 1.165) is 12.4 Å². The average Bonchev–Trinajstić information content (AvgIpc) is 2.38. The number of ether oxygens (including phenoxy) is 1. The summed E-state index contributed by atoms with van der Waals surface area (Å²) in [5.74, 6) is 1.61. The molecule has 0 N–H and O–H groups in total. The summed E-state index contributed by atoms with van der Waals surface area (Å²) in [6.07, 6.45) is 2.09. The molecule has 1 aromatic carbocycles. The highest BCUT2D eigenvalue weighted by molar-refractivity contribution is 5.83. The van der Waals surface area contributed by atoms with Crippen LogP contribution in [0.4, 0.5) is 0 Å². The topological polar surface area (TPSA) is 9.23 Å². The molecule has 0 fully saturated rings. The Morgan fingerprint density at radius 3 is 2.85 bits per heavy atom. The molecule has 2 rings (SSSR count). The van der Waals surface area contributed by atoms with Gasteiger partial charge >= 0.3 is 0 Å². The fourth-order valence-electron chi connectivity index (χ4n) is 1.40. The standard InChI is InChI=1S/C12H14O/c1-9(2)8-13-12-7-10-4-3-5-11(12)6-10/h3-7,9H,8H2,1-2H3. The minimum Gasteiger partial charge on any atom is -0.493 e. The summed E-state index contributed by atoms with van der Waals surface area (Å²) in [7, 11) is 0. The van der Waals surface area contributed by atoms with Gasteiger partial charge in [0.15, 0.2) is 0 Å². The van der Waals surface area contributed by atoms with Gasteiger partial charge in [0, 0.05) is 5.56 Å². The first-order valence-corrected chi connectivity index (χ1v) is 4.70. The number of fused-ring (bicyclic) bond motifs is 2. The van der Waals surface area contributed by atoms with Crippen LogP contribution in [0.15, 0.2) is 24.3 Å². The smallest absolute Gasteiger partial charge is 0.127 e. The van der Waals surface area contributed by atoms with Crippen LogP contribution in [0.1, 0.15) is 25.0 Å². The third kappa shape index (κ3) is 1.74. The maximum atomic E-state index is 5.68. The van der Waals surface area contributed by atoms with E-state index in [1.807, 2.05) is 0 Å². The van der Waals surface area contributed by atoms with E-state index in [4.69, 9.17) is 4.74 Å². The third-order valence-corrected chi connectivity index (χ3v) is 2.04. The maximum Gasteiger partial charge on any atom is 0.127 e. The lowest BCUT2D eigenvalue weighted by molar-refractivity contribution is 0.237. The molecule has 0 radical (unpaired) electrons. The van der Waals surface area contributed by atoms with E-state index < -0.39 is 0 Å². The monoisotopic (exact) mass is 174 g/mol. The molecular weight excluding hydrogens is 160 g/mol. The Morgan fingerprint density at radius 2 is 2.15 bits per heavy atom. The molecule has 0 aliphatic heterocycles. The average molecular weight is 174 g/mol. The van der Waals surface area contributed by atoms with Crippen molar-refractivity contribution < 1.29 is 4.74 Å². The van der Waals surface area contributed by atoms with Crippen LogP contribution < -0.4 is 0 Å². The molecule has 68 valence electrons. The summed E-state index contributed by atoms with van der Waals surface area (Å²) in [4.78, 5) is 0. The van der Waals surface area contributed by atoms with Crippen molar-refractivity contribution >= 4 is 11.8 Å². The summed E-state index contributed by atoms with van der Waals surface area (Å²) >= 11 is 0. The molecule has 0 heterocycles. The Morgan fingerprint density at radius 1 is 1.31 bits per heavy atom. The van der Waals surface area contributed by atoms with E-state index in [1.54, 1.807) is 0 Å². The molecule has 1 aliphatic rings. The zero-order valence-corrected chi connectivity index (χ0v) is 8.08. The Kier molecular flexibility index (Phi) is 2.09. The number of benzene rings is 1. The zero-order chi connectivity index (χ0) is 9.26. The summed E-state index contributed by atoms with van der Waals surface area (Å²) in [6, 6.07) is 8.39. The van der Waals surface area contributed by atoms with Gasteiger partial charge in [0.05, 0.1) is 6.61 Å². The highest BCUT2D eigenvalue weighted by Gasteiger charge is 2.10. The molecule has 0 amide bonds. The van der Waals surface area contributed by atoms with Crippen molar-refractivity contribution in [2.75, 3.05) is 6.61 Å². The first-order valence-electron chi connectivity index (χ1n) is 4.70. The summed E-state index contributed by atoms with van der Waals surface area (Å²) in [5, 5.41) is 0. The SMILES string of the molecule is CC(C)COC1=Cc2cccc1c2. The van der Waals surface area contributed by atoms with Crippen molar-refractivity contribution in [1.29, 1.82) is 0 Å². The fraction of sp³-hybridized carbons (Fsp3) is 0.333. The van der Waals surface area contributed by atoms with Gasteiger partial charge in [-0.05, 0) is 23.6 Å². The van der Waals surface area contributed by atoms with E-state index in [2.05, 4.69) is 44.2 Å². The lowest BCUT2D eigenvalue weighted by Gasteiger charge is -2.09. The van der Waals surface area contributed by atoms with Crippen LogP contribution in [0, 0.1) is 5.92 Å². The zero-order valence-electron chi connectivity index (χ0n) is 8.08. The van der Waals surface area contributed by atoms with E-state index in [9.17, 15) is 0 Å². The highest BCUT2D eigenvalue weighted by Crippen LogP contribution is 2.27. The van der Waals surface area contributed by atoms with Gasteiger partial charge in [0.25, 0.3) is 0 Å². The molecule has 0 aromatic heterocycles. The Bertz CT molecular complexity index is 337. The molecule has 0 spiro atoms. The normalized spacial score (nSPS) is 13.3. The number of rotatable bonds is 3. The second-order valence-corrected chi connectivity index (χ2v) is 3.84. The summed E-state index contributed by atoms with van der Waals surface area (Å²) in [5.41, 5.74) is 2.45. The molecule has 1 aromatic rings. The molecule has 1 heteroatoms. The van der Waals surface area contributed by atoms with Gasteiger partial charge in [-0.25, -0.2) is 0 Å². The van der Waals surface area contributed by atoms with Crippen LogP contribution in [-0.4, -0.2) is 6.61 Å². The summed E-state index contributed by atoms with van der Waals surface area (Å²) < 4.78 is 5.68. The molecule has 2 bridgehead atoms. The molecule has 1 nitrogen and oxygen atoms in total. The van der Waals surface area contributed by atoms with E-state index in [-0.39, 0.29) is 0 Å². The van der Waals surface area contributed by atoms with Gasteiger partial charge in [-0.3, -0.25) is 0 Å². The van der Waals surface area contributed by atoms with Gasteiger partial charge in [-0.1, -0.05) is 32.0 Å². The van der Waals surface area contributed by atoms with E-state index >= 15 is 0 Å². The lowest BCUT2D eigenvalue weighted by atomic mass is 10.2. The molecule has 13 heavy (non-hydrogen) atoms. The van der Waals surface area contributed by atoms with Crippen molar-refractivity contribution in [3.63, 3.8) is 0 Å². The van der Waals surface area contributed by atoms with Gasteiger partial charge in [-0.2, -0.15) is 0 Å². The van der Waals surface area contributed by atoms with Crippen molar-refractivity contribution in [3.8, 4) is 0 Å². The van der Waals surface area contributed by atoms with E-state index in [1.165, 1.54) is 11.1 Å². The van der Waals surface area contributed by atoms with Crippen LogP contribution in [0.25, 0.3) is 11.8 Å². The highest BCUT2D eigenvalue weighted by atomic mass is 16.5. The van der Waals surface area contributed by atoms with Gasteiger partial charge in [-0.15, -0.1) is 0 Å². The van der Waals surface area contributed by atoms with Crippen LogP contribution >= 0.6 is 0 Å². The Hall–Kier alpha value is -1.24. The van der Waals surface area contributed by atoms with E-state index in [0.29, 0.717) is 5.92 Å². The largest absolute Gasteiger partial charge is 0.493 e. The molecule has 0 unspecified atom stereocenters. The van der Waals surface area contributed by atoms with Gasteiger partial charge in [0.2, 0.25) is 0 Å². The molecule has 0 saturated carbocycles. The van der Waals surface area contributed by atoms with Crippen LogP contribution in [0.2, 0.25) is 0 Å². The number of hydrogen-bond donors (Lipinski definition) is 0. The molecular formula is C12H14O. The predicted molar refractivity (Wildman–Crippen MR) is 55.1 cm³/mol. The van der Waals surface area contributed by atoms with Gasteiger partial charge < -0.3 is 4.74 Å². The second-order valence-electron chi connectivity index (χ2n) is 3.84. The maximum absolute atomic E-state index is 5.68. The minimum absolute atomic E-state index is 0.583. The predicted octanol–water partition coefficient (Wildman–Crippen LogP) is 3.17. The quantitative estimate of drug-likeness (QED) is 0.684. The molecule has 0 atom stereocenters. The van der Waals surface area contributed by atoms with Crippen molar-refractivity contribution in [2.45, 2.75) is 13.8 Å². The van der Waals surface area contributed by atoms with Crippen molar-refractivity contribution in [1.82, 2.24) is 0 Å². The molecule has 1 aliphatic carbocycles. The first kappa shape index (κ1) is 8.36.